The molecule has 0 saturated carbocycles. The topological polar surface area (TPSA) is 74.1 Å². The van der Waals surface area contributed by atoms with Crippen molar-refractivity contribution in [1.29, 1.82) is 5.26 Å². The molecule has 1 aliphatic rings. The second-order valence-corrected chi connectivity index (χ2v) is 4.61. The lowest BCUT2D eigenvalue weighted by Gasteiger charge is -2.28. The zero-order valence-electron chi connectivity index (χ0n) is 11.2. The molecule has 1 atom stereocenters. The fraction of sp³-hybridized carbons (Fsp3) is 0.125. The molecule has 0 aliphatic carbocycles. The van der Waals surface area contributed by atoms with E-state index < -0.39 is 0 Å². The molecule has 104 valence electrons. The van der Waals surface area contributed by atoms with E-state index in [4.69, 9.17) is 10.00 Å². The van der Waals surface area contributed by atoms with E-state index in [9.17, 15) is 4.79 Å². The number of hydrogen-bond donors (Lipinski definition) is 2. The smallest absolute Gasteiger partial charge is 0.255 e. The number of carbonyl (C=O) groups excluding carboxylic acids is 1. The van der Waals surface area contributed by atoms with Crippen LogP contribution >= 0.6 is 0 Å². The summed E-state index contributed by atoms with van der Waals surface area (Å²) in [5.41, 5.74) is 2.38. The molecule has 21 heavy (non-hydrogen) atoms. The molecule has 1 aliphatic heterocycles. The Morgan fingerprint density at radius 3 is 2.62 bits per heavy atom. The molecule has 0 bridgehead atoms. The number of rotatable bonds is 3. The highest BCUT2D eigenvalue weighted by Crippen LogP contribution is 2.27. The van der Waals surface area contributed by atoms with Gasteiger partial charge in [0.25, 0.3) is 5.91 Å². The van der Waals surface area contributed by atoms with E-state index in [1.807, 2.05) is 36.4 Å². The molecule has 1 heterocycles. The second kappa shape index (κ2) is 5.55. The Bertz CT molecular complexity index is 704. The van der Waals surface area contributed by atoms with Crippen LogP contribution in [0.15, 0.2) is 48.5 Å². The van der Waals surface area contributed by atoms with E-state index in [-0.39, 0.29) is 18.7 Å². The molecule has 0 aromatic heterocycles. The summed E-state index contributed by atoms with van der Waals surface area (Å²) in [6.07, 6.45) is -0.280. The van der Waals surface area contributed by atoms with Crippen LogP contribution in [0.1, 0.15) is 22.1 Å². The number of hydrogen-bond acceptors (Lipinski definition) is 4. The molecule has 3 rings (SSSR count). The van der Waals surface area contributed by atoms with Gasteiger partial charge in [-0.2, -0.15) is 5.26 Å². The molecular formula is C16H13N3O2. The summed E-state index contributed by atoms with van der Waals surface area (Å²) >= 11 is 0. The van der Waals surface area contributed by atoms with Gasteiger partial charge in [0.2, 0.25) is 0 Å². The van der Waals surface area contributed by atoms with Gasteiger partial charge in [0.05, 0.1) is 5.56 Å². The Kier molecular flexibility index (Phi) is 3.44. The van der Waals surface area contributed by atoms with Crippen LogP contribution in [0, 0.1) is 11.3 Å². The van der Waals surface area contributed by atoms with E-state index in [1.54, 1.807) is 18.2 Å². The van der Waals surface area contributed by atoms with Crippen LogP contribution < -0.4 is 15.4 Å². The summed E-state index contributed by atoms with van der Waals surface area (Å²) in [4.78, 5) is 12.1. The minimum absolute atomic E-state index is 0.0190. The van der Waals surface area contributed by atoms with Crippen molar-refractivity contribution in [3.8, 4) is 11.8 Å². The van der Waals surface area contributed by atoms with E-state index >= 15 is 0 Å². The van der Waals surface area contributed by atoms with Crippen molar-refractivity contribution in [3.63, 3.8) is 0 Å². The highest BCUT2D eigenvalue weighted by atomic mass is 16.5. The Balaban J connectivity index is 1.80. The van der Waals surface area contributed by atoms with Crippen molar-refractivity contribution >= 4 is 11.6 Å². The maximum atomic E-state index is 12.1. The number of amides is 1. The summed E-state index contributed by atoms with van der Waals surface area (Å²) in [6.45, 7) is 0.0190. The third-order valence-electron chi connectivity index (χ3n) is 3.26. The minimum atomic E-state index is -0.280. The van der Waals surface area contributed by atoms with E-state index in [0.29, 0.717) is 11.3 Å². The summed E-state index contributed by atoms with van der Waals surface area (Å²) < 4.78 is 5.21. The van der Waals surface area contributed by atoms with Gasteiger partial charge in [-0.25, -0.2) is 0 Å². The first-order chi connectivity index (χ1) is 10.3. The quantitative estimate of drug-likeness (QED) is 0.905. The summed E-state index contributed by atoms with van der Waals surface area (Å²) in [5, 5.41) is 14.7. The fourth-order valence-electron chi connectivity index (χ4n) is 2.25. The number of para-hydroxylation sites is 1. The van der Waals surface area contributed by atoms with Gasteiger partial charge in [0, 0.05) is 5.69 Å². The van der Waals surface area contributed by atoms with Crippen LogP contribution in [0.25, 0.3) is 0 Å². The van der Waals surface area contributed by atoms with Crippen molar-refractivity contribution in [1.82, 2.24) is 5.32 Å². The Labute approximate surface area is 122 Å². The van der Waals surface area contributed by atoms with Gasteiger partial charge in [0.15, 0.2) is 6.61 Å². The third kappa shape index (κ3) is 2.65. The van der Waals surface area contributed by atoms with Crippen molar-refractivity contribution < 1.29 is 9.53 Å². The number of nitrogens with one attached hydrogen (secondary N) is 2. The predicted molar refractivity (Wildman–Crippen MR) is 77.8 cm³/mol. The average Bonchev–Trinajstić information content (AvgIpc) is 2.53. The highest BCUT2D eigenvalue weighted by molar-refractivity contribution is 6.01. The zero-order chi connectivity index (χ0) is 14.7. The molecule has 0 spiro atoms. The van der Waals surface area contributed by atoms with Crippen LogP contribution in [-0.4, -0.2) is 12.5 Å². The van der Waals surface area contributed by atoms with Gasteiger partial charge in [-0.3, -0.25) is 4.79 Å². The van der Waals surface area contributed by atoms with Gasteiger partial charge in [-0.15, -0.1) is 0 Å². The van der Waals surface area contributed by atoms with Gasteiger partial charge < -0.3 is 15.4 Å². The molecule has 0 radical (unpaired) electrons. The van der Waals surface area contributed by atoms with Gasteiger partial charge in [0.1, 0.15) is 18.0 Å². The lowest BCUT2D eigenvalue weighted by atomic mass is 10.1. The first-order valence-electron chi connectivity index (χ1n) is 6.54. The SMILES string of the molecule is N#CCOc1ccc([C@H]2NC(=O)c3ccccc3N2)cc1. The zero-order valence-corrected chi connectivity index (χ0v) is 11.2. The molecule has 0 saturated heterocycles. The molecule has 1 amide bonds. The van der Waals surface area contributed by atoms with Crippen LogP contribution in [0.2, 0.25) is 0 Å². The molecule has 2 aromatic rings. The fourth-order valence-corrected chi connectivity index (χ4v) is 2.25. The van der Waals surface area contributed by atoms with E-state index in [0.717, 1.165) is 11.3 Å². The van der Waals surface area contributed by atoms with Crippen molar-refractivity contribution in [2.45, 2.75) is 6.17 Å². The number of nitrogens with zero attached hydrogens (tertiary/aromatic N) is 1. The maximum Gasteiger partial charge on any atom is 0.255 e. The van der Waals surface area contributed by atoms with Crippen LogP contribution in [0.3, 0.4) is 0 Å². The Morgan fingerprint density at radius 2 is 1.86 bits per heavy atom. The van der Waals surface area contributed by atoms with E-state index in [2.05, 4.69) is 10.6 Å². The Hall–Kier alpha value is -3.00. The van der Waals surface area contributed by atoms with Crippen LogP contribution in [0.5, 0.6) is 5.75 Å². The van der Waals surface area contributed by atoms with Crippen molar-refractivity contribution in [2.24, 2.45) is 0 Å². The largest absolute Gasteiger partial charge is 0.479 e. The third-order valence-corrected chi connectivity index (χ3v) is 3.26. The summed E-state index contributed by atoms with van der Waals surface area (Å²) in [5.74, 6) is 0.530. The molecule has 0 unspecified atom stereocenters. The van der Waals surface area contributed by atoms with Gasteiger partial charge in [-0.1, -0.05) is 24.3 Å². The summed E-state index contributed by atoms with van der Waals surface area (Å²) in [7, 11) is 0. The molecule has 2 N–H and O–H groups in total. The first kappa shape index (κ1) is 13.0. The molecule has 0 fully saturated rings. The average molecular weight is 279 g/mol. The summed E-state index contributed by atoms with van der Waals surface area (Å²) in [6, 6.07) is 16.6. The molecular weight excluding hydrogens is 266 g/mol. The van der Waals surface area contributed by atoms with Crippen LogP contribution in [-0.2, 0) is 0 Å². The van der Waals surface area contributed by atoms with Gasteiger partial charge >= 0.3 is 0 Å². The number of nitriles is 1. The number of anilines is 1. The van der Waals surface area contributed by atoms with Crippen molar-refractivity contribution in [3.05, 3.63) is 59.7 Å². The van der Waals surface area contributed by atoms with E-state index in [1.165, 1.54) is 0 Å². The Morgan fingerprint density at radius 1 is 1.10 bits per heavy atom. The lowest BCUT2D eigenvalue weighted by molar-refractivity contribution is 0.0935. The first-order valence-corrected chi connectivity index (χ1v) is 6.54. The standard InChI is InChI=1S/C16H13N3O2/c17-9-10-21-12-7-5-11(6-8-12)15-18-14-4-2-1-3-13(14)16(20)19-15/h1-8,15,18H,10H2,(H,19,20)/t15-/m1/s1. The number of benzene rings is 2. The molecule has 5 heteroatoms. The number of fused-ring (bicyclic) bond motifs is 1. The predicted octanol–water partition coefficient (Wildman–Crippen LogP) is 2.44. The van der Waals surface area contributed by atoms with Gasteiger partial charge in [-0.05, 0) is 29.8 Å². The maximum absolute atomic E-state index is 12.1. The normalized spacial score (nSPS) is 16.1. The van der Waals surface area contributed by atoms with Crippen LogP contribution in [0.4, 0.5) is 5.69 Å². The molecule has 5 nitrogen and oxygen atoms in total. The minimum Gasteiger partial charge on any atom is -0.479 e. The monoisotopic (exact) mass is 279 g/mol. The number of ether oxygens (including phenoxy) is 1. The van der Waals surface area contributed by atoms with Crippen molar-refractivity contribution in [2.75, 3.05) is 11.9 Å². The number of carbonyl (C=O) groups is 1. The lowest BCUT2D eigenvalue weighted by Crippen LogP contribution is -2.38. The second-order valence-electron chi connectivity index (χ2n) is 4.61. The molecule has 2 aromatic carbocycles. The highest BCUT2D eigenvalue weighted by Gasteiger charge is 2.23.